The number of hydrogen-bond acceptors (Lipinski definition) is 4. The fourth-order valence-electron chi connectivity index (χ4n) is 4.93. The SMILES string of the molecule is CCN(CC)CC#CC(C)OC(=O)C(O)(c1ccc(C)c(C)c1)C1CCCC(C)C1(C)C. The predicted octanol–water partition coefficient (Wildman–Crippen LogP) is 5.23. The third-order valence-electron chi connectivity index (χ3n) is 7.85. The molecule has 1 aliphatic carbocycles. The van der Waals surface area contributed by atoms with Crippen LogP contribution in [-0.2, 0) is 15.1 Å². The van der Waals surface area contributed by atoms with E-state index in [1.165, 1.54) is 0 Å². The summed E-state index contributed by atoms with van der Waals surface area (Å²) in [4.78, 5) is 15.8. The van der Waals surface area contributed by atoms with Gasteiger partial charge in [-0.15, -0.1) is 0 Å². The number of rotatable bonds is 7. The van der Waals surface area contributed by atoms with Crippen molar-refractivity contribution in [3.8, 4) is 11.8 Å². The van der Waals surface area contributed by atoms with Crippen LogP contribution in [-0.4, -0.2) is 41.7 Å². The van der Waals surface area contributed by atoms with Crippen molar-refractivity contribution < 1.29 is 14.6 Å². The van der Waals surface area contributed by atoms with E-state index in [0.717, 1.165) is 43.5 Å². The van der Waals surface area contributed by atoms with Gasteiger partial charge in [-0.1, -0.05) is 77.5 Å². The van der Waals surface area contributed by atoms with Gasteiger partial charge in [0.1, 0.15) is 0 Å². The number of aliphatic hydroxyl groups is 1. The first-order valence-electron chi connectivity index (χ1n) is 12.2. The van der Waals surface area contributed by atoms with Crippen LogP contribution in [0, 0.1) is 42.9 Å². The Balaban J connectivity index is 2.39. The van der Waals surface area contributed by atoms with Gasteiger partial charge >= 0.3 is 5.97 Å². The molecule has 1 aromatic rings. The summed E-state index contributed by atoms with van der Waals surface area (Å²) < 4.78 is 5.79. The largest absolute Gasteiger partial charge is 0.447 e. The Morgan fingerprint density at radius 3 is 2.50 bits per heavy atom. The number of aryl methyl sites for hydroxylation is 2. The van der Waals surface area contributed by atoms with Gasteiger partial charge < -0.3 is 9.84 Å². The van der Waals surface area contributed by atoms with Crippen LogP contribution < -0.4 is 0 Å². The molecule has 0 heterocycles. The summed E-state index contributed by atoms with van der Waals surface area (Å²) in [6.07, 6.45) is 2.31. The number of nitrogens with zero attached hydrogens (tertiary/aromatic N) is 1. The average Bonchev–Trinajstić information content (AvgIpc) is 2.74. The smallest absolute Gasteiger partial charge is 0.344 e. The molecule has 0 aliphatic heterocycles. The van der Waals surface area contributed by atoms with E-state index in [-0.39, 0.29) is 11.3 Å². The molecule has 1 N–H and O–H groups in total. The van der Waals surface area contributed by atoms with E-state index in [4.69, 9.17) is 4.74 Å². The van der Waals surface area contributed by atoms with Gasteiger partial charge in [0.15, 0.2) is 11.7 Å². The number of carbonyl (C=O) groups excluding carboxylic acids is 1. The van der Waals surface area contributed by atoms with Crippen LogP contribution in [0.2, 0.25) is 0 Å². The minimum Gasteiger partial charge on any atom is -0.447 e. The van der Waals surface area contributed by atoms with Gasteiger partial charge in [-0.25, -0.2) is 4.79 Å². The maximum absolute atomic E-state index is 13.6. The molecule has 0 aromatic heterocycles. The third-order valence-corrected chi connectivity index (χ3v) is 7.85. The summed E-state index contributed by atoms with van der Waals surface area (Å²) in [5.74, 6) is 5.75. The lowest BCUT2D eigenvalue weighted by Crippen LogP contribution is -2.53. The fourth-order valence-corrected chi connectivity index (χ4v) is 4.93. The Hall–Kier alpha value is -1.83. The van der Waals surface area contributed by atoms with Crippen LogP contribution >= 0.6 is 0 Å². The van der Waals surface area contributed by atoms with Gasteiger partial charge in [0.05, 0.1) is 6.54 Å². The van der Waals surface area contributed by atoms with E-state index in [2.05, 4.69) is 51.4 Å². The number of benzene rings is 1. The molecule has 1 fully saturated rings. The van der Waals surface area contributed by atoms with Gasteiger partial charge in [0, 0.05) is 5.92 Å². The van der Waals surface area contributed by atoms with Gasteiger partial charge in [-0.2, -0.15) is 0 Å². The molecule has 32 heavy (non-hydrogen) atoms. The first-order chi connectivity index (χ1) is 15.0. The van der Waals surface area contributed by atoms with Gasteiger partial charge in [-0.3, -0.25) is 4.90 Å². The van der Waals surface area contributed by atoms with Crippen molar-refractivity contribution >= 4 is 5.97 Å². The highest BCUT2D eigenvalue weighted by atomic mass is 16.6. The van der Waals surface area contributed by atoms with Crippen LogP contribution in [0.5, 0.6) is 0 Å². The second-order valence-corrected chi connectivity index (χ2v) is 10.1. The van der Waals surface area contributed by atoms with Gasteiger partial charge in [0.25, 0.3) is 0 Å². The second-order valence-electron chi connectivity index (χ2n) is 10.1. The predicted molar refractivity (Wildman–Crippen MR) is 131 cm³/mol. The first kappa shape index (κ1) is 26.4. The minimum absolute atomic E-state index is 0.206. The van der Waals surface area contributed by atoms with E-state index in [0.29, 0.717) is 18.0 Å². The topological polar surface area (TPSA) is 49.8 Å². The lowest BCUT2D eigenvalue weighted by atomic mass is 9.56. The number of esters is 1. The molecule has 0 bridgehead atoms. The number of ether oxygens (including phenoxy) is 1. The summed E-state index contributed by atoms with van der Waals surface area (Å²) in [6.45, 7) is 19.1. The van der Waals surface area contributed by atoms with E-state index >= 15 is 0 Å². The fraction of sp³-hybridized carbons (Fsp3) is 0.679. The zero-order valence-electron chi connectivity index (χ0n) is 21.4. The van der Waals surface area contributed by atoms with Crippen molar-refractivity contribution in [1.29, 1.82) is 0 Å². The molecule has 0 saturated heterocycles. The minimum atomic E-state index is -1.70. The average molecular weight is 442 g/mol. The van der Waals surface area contributed by atoms with Crippen molar-refractivity contribution in [3.05, 3.63) is 34.9 Å². The van der Waals surface area contributed by atoms with Crippen molar-refractivity contribution in [2.24, 2.45) is 17.3 Å². The quantitative estimate of drug-likeness (QED) is 0.465. The van der Waals surface area contributed by atoms with Crippen molar-refractivity contribution in [2.75, 3.05) is 19.6 Å². The van der Waals surface area contributed by atoms with Crippen molar-refractivity contribution in [1.82, 2.24) is 4.90 Å². The monoisotopic (exact) mass is 441 g/mol. The van der Waals surface area contributed by atoms with Crippen LogP contribution in [0.1, 0.15) is 77.5 Å². The Labute approximate surface area is 195 Å². The molecule has 4 unspecified atom stereocenters. The molecule has 1 saturated carbocycles. The lowest BCUT2D eigenvalue weighted by Gasteiger charge is -2.50. The summed E-state index contributed by atoms with van der Waals surface area (Å²) >= 11 is 0. The van der Waals surface area contributed by atoms with Crippen LogP contribution in [0.3, 0.4) is 0 Å². The molecular weight excluding hydrogens is 398 g/mol. The van der Waals surface area contributed by atoms with Crippen LogP contribution in [0.25, 0.3) is 0 Å². The molecule has 1 aromatic carbocycles. The molecule has 2 rings (SSSR count). The summed E-state index contributed by atoms with van der Waals surface area (Å²) in [5, 5.41) is 12.2. The molecular formula is C28H43NO3. The van der Waals surface area contributed by atoms with Crippen molar-refractivity contribution in [3.63, 3.8) is 0 Å². The maximum Gasteiger partial charge on any atom is 0.344 e. The van der Waals surface area contributed by atoms with E-state index in [1.54, 1.807) is 6.92 Å². The second kappa shape index (κ2) is 10.9. The number of carbonyl (C=O) groups is 1. The normalized spacial score (nSPS) is 23.1. The molecule has 0 spiro atoms. The molecule has 4 atom stereocenters. The molecule has 0 amide bonds. The third kappa shape index (κ3) is 5.56. The van der Waals surface area contributed by atoms with Gasteiger partial charge in [-0.05, 0) is 68.3 Å². The zero-order chi connectivity index (χ0) is 24.1. The highest BCUT2D eigenvalue weighted by molar-refractivity contribution is 5.82. The summed E-state index contributed by atoms with van der Waals surface area (Å²) in [7, 11) is 0. The zero-order valence-corrected chi connectivity index (χ0v) is 21.4. The van der Waals surface area contributed by atoms with E-state index < -0.39 is 17.7 Å². The highest BCUT2D eigenvalue weighted by Gasteiger charge is 2.55. The Kier molecular flexibility index (Phi) is 8.97. The Morgan fingerprint density at radius 1 is 1.25 bits per heavy atom. The Morgan fingerprint density at radius 2 is 1.91 bits per heavy atom. The molecule has 1 aliphatic rings. The van der Waals surface area contributed by atoms with Gasteiger partial charge in [0.2, 0.25) is 0 Å². The number of hydrogen-bond donors (Lipinski definition) is 1. The van der Waals surface area contributed by atoms with Crippen LogP contribution in [0.15, 0.2) is 18.2 Å². The molecule has 4 nitrogen and oxygen atoms in total. The van der Waals surface area contributed by atoms with E-state index in [1.807, 2.05) is 32.0 Å². The van der Waals surface area contributed by atoms with Crippen LogP contribution in [0.4, 0.5) is 0 Å². The summed E-state index contributed by atoms with van der Waals surface area (Å²) in [5.41, 5.74) is 0.911. The molecule has 4 heteroatoms. The lowest BCUT2D eigenvalue weighted by molar-refractivity contribution is -0.188. The first-order valence-corrected chi connectivity index (χ1v) is 12.2. The highest BCUT2D eigenvalue weighted by Crippen LogP contribution is 2.53. The molecule has 0 radical (unpaired) electrons. The standard InChI is InChI=1S/C28H43NO3/c1-9-29(10-2)18-12-14-23(6)32-26(30)28(31,24-17-16-20(3)21(4)19-24)25-15-11-13-22(5)27(25,7)8/h16-17,19,22-23,25,31H,9-11,13,15,18H2,1-8H3. The maximum atomic E-state index is 13.6. The summed E-state index contributed by atoms with van der Waals surface area (Å²) in [6, 6.07) is 5.81. The van der Waals surface area contributed by atoms with Crippen molar-refractivity contribution in [2.45, 2.75) is 86.4 Å². The molecule has 178 valence electrons. The van der Waals surface area contributed by atoms with E-state index in [9.17, 15) is 9.90 Å². The Bertz CT molecular complexity index is 846.